The first-order chi connectivity index (χ1) is 16.1. The van der Waals surface area contributed by atoms with Crippen LogP contribution >= 0.6 is 0 Å². The molecule has 2 amide bonds. The Labute approximate surface area is 195 Å². The highest BCUT2D eigenvalue weighted by molar-refractivity contribution is 5.96. The van der Waals surface area contributed by atoms with E-state index in [-0.39, 0.29) is 23.6 Å². The number of allylic oxidation sites excluding steroid dienone is 1. The van der Waals surface area contributed by atoms with Crippen molar-refractivity contribution in [2.45, 2.75) is 25.9 Å². The third-order valence-corrected chi connectivity index (χ3v) is 4.64. The average molecular weight is 477 g/mol. The van der Waals surface area contributed by atoms with Gasteiger partial charge in [0.1, 0.15) is 17.1 Å². The van der Waals surface area contributed by atoms with Gasteiger partial charge in [-0.3, -0.25) is 9.59 Å². The Morgan fingerprint density at radius 1 is 1.15 bits per heavy atom. The number of rotatable bonds is 11. The van der Waals surface area contributed by atoms with E-state index in [1.807, 2.05) is 30.3 Å². The maximum Gasteiger partial charge on any atom is 0.435 e. The number of halogens is 3. The van der Waals surface area contributed by atoms with E-state index in [0.29, 0.717) is 24.4 Å². The van der Waals surface area contributed by atoms with E-state index in [0.717, 1.165) is 5.56 Å². The van der Waals surface area contributed by atoms with Crippen LogP contribution in [0.2, 0.25) is 0 Å². The Morgan fingerprint density at radius 2 is 1.82 bits per heavy atom. The van der Waals surface area contributed by atoms with Gasteiger partial charge < -0.3 is 21.5 Å². The van der Waals surface area contributed by atoms with Crippen LogP contribution in [0.15, 0.2) is 65.0 Å². The first kappa shape index (κ1) is 26.2. The molecule has 0 saturated carbocycles. The summed E-state index contributed by atoms with van der Waals surface area (Å²) >= 11 is 0. The largest absolute Gasteiger partial charge is 0.491 e. The van der Waals surface area contributed by atoms with Gasteiger partial charge in [0.25, 0.3) is 11.8 Å². The second-order valence-corrected chi connectivity index (χ2v) is 7.06. The van der Waals surface area contributed by atoms with Crippen molar-refractivity contribution in [2.24, 2.45) is 16.6 Å². The lowest BCUT2D eigenvalue weighted by molar-refractivity contribution is -0.117. The van der Waals surface area contributed by atoms with Gasteiger partial charge in [-0.2, -0.15) is 18.3 Å². The molecule has 2 aromatic carbocycles. The fraction of sp³-hybridized carbons (Fsp3) is 0.261. The molecule has 0 aliphatic carbocycles. The van der Waals surface area contributed by atoms with Crippen LogP contribution in [0, 0.1) is 0 Å². The number of aryl methyl sites for hydroxylation is 1. The number of nitrogens with one attached hydrogen (secondary N) is 1. The summed E-state index contributed by atoms with van der Waals surface area (Å²) in [6.07, 6.45) is -3.89. The zero-order chi connectivity index (χ0) is 25.3. The predicted molar refractivity (Wildman–Crippen MR) is 123 cm³/mol. The van der Waals surface area contributed by atoms with Crippen molar-refractivity contribution < 1.29 is 27.5 Å². The minimum Gasteiger partial charge on any atom is -0.491 e. The number of hydrogen-bond acceptors (Lipinski definition) is 6. The number of hydrogen-bond donors (Lipinski definition) is 3. The molecule has 0 saturated heterocycles. The van der Waals surface area contributed by atoms with Gasteiger partial charge in [0.2, 0.25) is 0 Å². The summed E-state index contributed by atoms with van der Waals surface area (Å²) in [7, 11) is 0. The Kier molecular flexibility index (Phi) is 9.05. The molecule has 8 nitrogen and oxygen atoms in total. The summed E-state index contributed by atoms with van der Waals surface area (Å²) in [4.78, 5) is 23.7. The third-order valence-electron chi connectivity index (χ3n) is 4.64. The summed E-state index contributed by atoms with van der Waals surface area (Å²) in [5, 5.41) is 6.35. The van der Waals surface area contributed by atoms with E-state index in [1.165, 1.54) is 18.2 Å². The standard InChI is InChI=1S/C23H26F3N5O3/c1-3-30-22(33)16-11-12-17(31(29-2)20(23(24,25)26)19(27)21(28)32)18(14-16)34-13-7-10-15-8-5-4-6-9-15/h4-6,8-9,11-12,14H,2-3,7,10,13,27H2,1H3,(H2,28,32)(H,30,33)/b20-19-. The number of ether oxygens (including phenoxy) is 1. The number of carbonyl (C=O) groups is 2. The van der Waals surface area contributed by atoms with Crippen molar-refractivity contribution in [3.05, 3.63) is 71.1 Å². The number of nitrogens with zero attached hydrogens (tertiary/aromatic N) is 2. The Balaban J connectivity index is 2.45. The van der Waals surface area contributed by atoms with Crippen LogP contribution in [-0.2, 0) is 11.2 Å². The van der Waals surface area contributed by atoms with Crippen LogP contribution in [0.5, 0.6) is 5.75 Å². The molecule has 34 heavy (non-hydrogen) atoms. The minimum atomic E-state index is -5.09. The second-order valence-electron chi connectivity index (χ2n) is 7.06. The smallest absolute Gasteiger partial charge is 0.435 e. The molecule has 182 valence electrons. The number of anilines is 1. The van der Waals surface area contributed by atoms with Crippen molar-refractivity contribution in [1.82, 2.24) is 5.32 Å². The highest BCUT2D eigenvalue weighted by atomic mass is 19.4. The second kappa shape index (κ2) is 11.7. The molecule has 0 fully saturated rings. The quantitative estimate of drug-likeness (QED) is 0.199. The Morgan fingerprint density at radius 3 is 2.38 bits per heavy atom. The SMILES string of the molecule is C=NN(/C(=C(\N)C(N)=O)C(F)(F)F)c1ccc(C(=O)NCC)cc1OCCCc1ccccc1. The van der Waals surface area contributed by atoms with Crippen molar-refractivity contribution in [3.8, 4) is 5.75 Å². The zero-order valence-corrected chi connectivity index (χ0v) is 18.6. The van der Waals surface area contributed by atoms with Gasteiger partial charge in [0.15, 0.2) is 5.70 Å². The molecule has 2 aromatic rings. The van der Waals surface area contributed by atoms with Gasteiger partial charge >= 0.3 is 6.18 Å². The van der Waals surface area contributed by atoms with Crippen molar-refractivity contribution in [2.75, 3.05) is 18.2 Å². The molecule has 11 heteroatoms. The van der Waals surface area contributed by atoms with Gasteiger partial charge in [-0.25, -0.2) is 5.01 Å². The number of nitrogens with two attached hydrogens (primary N) is 2. The monoisotopic (exact) mass is 477 g/mol. The lowest BCUT2D eigenvalue weighted by atomic mass is 10.1. The van der Waals surface area contributed by atoms with Gasteiger partial charge in [0, 0.05) is 18.8 Å². The van der Waals surface area contributed by atoms with Crippen LogP contribution in [0.4, 0.5) is 18.9 Å². The number of carbonyl (C=O) groups excluding carboxylic acids is 2. The van der Waals surface area contributed by atoms with Gasteiger partial charge in [0.05, 0.1) is 6.61 Å². The zero-order valence-electron chi connectivity index (χ0n) is 18.6. The first-order valence-electron chi connectivity index (χ1n) is 10.3. The molecule has 0 bridgehead atoms. The Hall–Kier alpha value is -4.02. The lowest BCUT2D eigenvalue weighted by Gasteiger charge is -2.26. The maximum atomic E-state index is 13.8. The maximum absolute atomic E-state index is 13.8. The van der Waals surface area contributed by atoms with Gasteiger partial charge in [-0.1, -0.05) is 30.3 Å². The first-order valence-corrected chi connectivity index (χ1v) is 10.3. The fourth-order valence-corrected chi connectivity index (χ4v) is 3.08. The molecule has 0 aliphatic heterocycles. The lowest BCUT2D eigenvalue weighted by Crippen LogP contribution is -2.36. The highest BCUT2D eigenvalue weighted by Crippen LogP contribution is 2.38. The number of primary amides is 1. The normalized spacial score (nSPS) is 11.9. The molecule has 0 aromatic heterocycles. The third kappa shape index (κ3) is 6.74. The van der Waals surface area contributed by atoms with E-state index in [2.05, 4.69) is 17.1 Å². The summed E-state index contributed by atoms with van der Waals surface area (Å²) < 4.78 is 47.2. The summed E-state index contributed by atoms with van der Waals surface area (Å²) in [6, 6.07) is 13.3. The van der Waals surface area contributed by atoms with Crippen molar-refractivity contribution >= 4 is 24.2 Å². The van der Waals surface area contributed by atoms with E-state index in [9.17, 15) is 22.8 Å². The molecule has 0 aliphatic rings. The minimum absolute atomic E-state index is 0.0803. The van der Waals surface area contributed by atoms with Crippen LogP contribution in [0.25, 0.3) is 0 Å². The molecular formula is C23H26F3N5O3. The van der Waals surface area contributed by atoms with Gasteiger partial charge in [-0.15, -0.1) is 0 Å². The van der Waals surface area contributed by atoms with E-state index >= 15 is 0 Å². The molecule has 0 atom stereocenters. The molecule has 5 N–H and O–H groups in total. The predicted octanol–water partition coefficient (Wildman–Crippen LogP) is 3.09. The fourth-order valence-electron chi connectivity index (χ4n) is 3.08. The van der Waals surface area contributed by atoms with Crippen LogP contribution in [-0.4, -0.2) is 37.9 Å². The van der Waals surface area contributed by atoms with Crippen molar-refractivity contribution in [1.29, 1.82) is 0 Å². The van der Waals surface area contributed by atoms with Gasteiger partial charge in [-0.05, 0) is 43.5 Å². The molecular weight excluding hydrogens is 451 g/mol. The van der Waals surface area contributed by atoms with E-state index in [1.54, 1.807) is 6.92 Å². The molecule has 0 unspecified atom stereocenters. The van der Waals surface area contributed by atoms with Crippen LogP contribution in [0.1, 0.15) is 29.3 Å². The van der Waals surface area contributed by atoms with E-state index < -0.39 is 29.4 Å². The molecule has 0 spiro atoms. The molecule has 2 rings (SSSR count). The number of alkyl halides is 3. The number of benzene rings is 2. The number of amides is 2. The molecule has 0 radical (unpaired) electrons. The summed E-state index contributed by atoms with van der Waals surface area (Å²) in [6.45, 7) is 5.38. The highest BCUT2D eigenvalue weighted by Gasteiger charge is 2.43. The topological polar surface area (TPSA) is 123 Å². The summed E-state index contributed by atoms with van der Waals surface area (Å²) in [5.41, 5.74) is 8.50. The average Bonchev–Trinajstić information content (AvgIpc) is 2.80. The van der Waals surface area contributed by atoms with Crippen molar-refractivity contribution in [3.63, 3.8) is 0 Å². The summed E-state index contributed by atoms with van der Waals surface area (Å²) in [5.74, 6) is -2.00. The van der Waals surface area contributed by atoms with E-state index in [4.69, 9.17) is 16.2 Å². The van der Waals surface area contributed by atoms with Crippen LogP contribution in [0.3, 0.4) is 0 Å². The van der Waals surface area contributed by atoms with Crippen LogP contribution < -0.4 is 26.5 Å². The number of hydrazone groups is 1. The Bertz CT molecular complexity index is 1060. The molecule has 0 heterocycles.